The molecule has 2 aliphatic rings. The van der Waals surface area contributed by atoms with E-state index in [0.29, 0.717) is 12.4 Å². The van der Waals surface area contributed by atoms with Crippen LogP contribution >= 0.6 is 0 Å². The average Bonchev–Trinajstić information content (AvgIpc) is 3.79. The molecular weight excluding hydrogens is 641 g/mol. The molecule has 0 radical (unpaired) electrons. The number of hydrogen-bond donors (Lipinski definition) is 2. The smallest absolute Gasteiger partial charge is 0.202 e. The lowest BCUT2D eigenvalue weighted by Crippen LogP contribution is -2.33. The summed E-state index contributed by atoms with van der Waals surface area (Å²) in [6, 6.07) is 50.6. The van der Waals surface area contributed by atoms with Gasteiger partial charge < -0.3 is 19.5 Å². The van der Waals surface area contributed by atoms with Crippen LogP contribution in [0.25, 0.3) is 60.0 Å². The molecule has 6 heteroatoms. The van der Waals surface area contributed by atoms with Crippen molar-refractivity contribution in [3.63, 3.8) is 0 Å². The fourth-order valence-corrected chi connectivity index (χ4v) is 8.00. The molecule has 2 aliphatic heterocycles. The summed E-state index contributed by atoms with van der Waals surface area (Å²) in [7, 11) is 0. The molecule has 52 heavy (non-hydrogen) atoms. The van der Waals surface area contributed by atoms with Crippen LogP contribution in [0.1, 0.15) is 34.0 Å². The second-order valence-electron chi connectivity index (χ2n) is 13.4. The zero-order valence-electron chi connectivity index (χ0n) is 27.9. The first kappa shape index (κ1) is 28.9. The maximum absolute atomic E-state index is 6.29. The van der Waals surface area contributed by atoms with Gasteiger partial charge in [0, 0.05) is 33.8 Å². The second kappa shape index (κ2) is 11.3. The summed E-state index contributed by atoms with van der Waals surface area (Å²) >= 11 is 0. The molecule has 11 rings (SSSR count). The van der Waals surface area contributed by atoms with Crippen LogP contribution < -0.4 is 10.6 Å². The summed E-state index contributed by atoms with van der Waals surface area (Å²) in [6.07, 6.45) is 1.89. The standard InChI is InChI=1S/C46H30N4O2/c1-2-11-28-26-29(23-22-27(28)10-1)43-48-44(50-45(49-43)37-18-9-21-40-41(37)35-12-3-5-19-38(35)51-40)34-17-8-14-30-31(15-7-16-32(30)34)33-24-25-47-46-42(33)36-13-4-6-20-39(36)52-46/h1-24,26,43,47H,25H2,(H,48,49,50). The van der Waals surface area contributed by atoms with E-state index in [1.165, 1.54) is 10.8 Å². The van der Waals surface area contributed by atoms with E-state index in [9.17, 15) is 0 Å². The van der Waals surface area contributed by atoms with Crippen LogP contribution in [0.5, 0.6) is 0 Å². The van der Waals surface area contributed by atoms with Crippen molar-refractivity contribution in [3.8, 4) is 0 Å². The number of fused-ring (bicyclic) bond motifs is 8. The summed E-state index contributed by atoms with van der Waals surface area (Å²) < 4.78 is 12.6. The molecule has 0 bridgehead atoms. The van der Waals surface area contributed by atoms with E-state index in [-0.39, 0.29) is 6.17 Å². The lowest BCUT2D eigenvalue weighted by molar-refractivity contribution is 0.627. The van der Waals surface area contributed by atoms with E-state index in [1.807, 2.05) is 42.5 Å². The van der Waals surface area contributed by atoms with Crippen molar-refractivity contribution in [2.24, 2.45) is 9.98 Å². The van der Waals surface area contributed by atoms with Crippen LogP contribution in [0.3, 0.4) is 0 Å². The minimum absolute atomic E-state index is 0.369. The number of benzene rings is 7. The Morgan fingerprint density at radius 3 is 2.12 bits per heavy atom. The highest BCUT2D eigenvalue weighted by atomic mass is 16.4. The normalized spacial score (nSPS) is 15.7. The van der Waals surface area contributed by atoms with E-state index in [1.54, 1.807) is 0 Å². The molecule has 246 valence electrons. The molecule has 0 saturated heterocycles. The number of para-hydroxylation sites is 2. The zero-order valence-corrected chi connectivity index (χ0v) is 27.9. The highest BCUT2D eigenvalue weighted by molar-refractivity contribution is 6.24. The molecule has 4 heterocycles. The van der Waals surface area contributed by atoms with Gasteiger partial charge in [-0.05, 0) is 62.5 Å². The Labute approximate surface area is 298 Å². The van der Waals surface area contributed by atoms with Crippen LogP contribution in [-0.4, -0.2) is 18.2 Å². The molecule has 1 atom stereocenters. The first-order valence-corrected chi connectivity index (χ1v) is 17.6. The van der Waals surface area contributed by atoms with Gasteiger partial charge in [-0.2, -0.15) is 0 Å². The van der Waals surface area contributed by atoms with Gasteiger partial charge in [-0.3, -0.25) is 0 Å². The Hall–Kier alpha value is -6.92. The van der Waals surface area contributed by atoms with Gasteiger partial charge in [-0.1, -0.05) is 127 Å². The van der Waals surface area contributed by atoms with Gasteiger partial charge in [-0.25, -0.2) is 9.98 Å². The number of anilines is 1. The Balaban J connectivity index is 1.11. The Bertz CT molecular complexity index is 3020. The number of nitrogens with one attached hydrogen (secondary N) is 2. The molecule has 7 aromatic carbocycles. The van der Waals surface area contributed by atoms with E-state index in [0.717, 1.165) is 88.8 Å². The van der Waals surface area contributed by atoms with Crippen molar-refractivity contribution in [3.05, 3.63) is 179 Å². The SMILES string of the molecule is C1=C(c2cccc3c(C4=NC(c5cccc6oc7ccccc7c56)=NC(c5ccc6ccccc6c5)N4)cccc23)c2c(oc3ccccc23)NC1. The summed E-state index contributed by atoms with van der Waals surface area (Å²) in [5.41, 5.74) is 8.95. The summed E-state index contributed by atoms with van der Waals surface area (Å²) in [5, 5.41) is 15.0. The number of furan rings is 2. The van der Waals surface area contributed by atoms with Gasteiger partial charge in [0.05, 0.1) is 5.56 Å². The highest BCUT2D eigenvalue weighted by Crippen LogP contribution is 2.43. The largest absolute Gasteiger partial charge is 0.456 e. The van der Waals surface area contributed by atoms with E-state index >= 15 is 0 Å². The molecule has 2 N–H and O–H groups in total. The zero-order chi connectivity index (χ0) is 34.2. The fraction of sp³-hybridized carbons (Fsp3) is 0.0435. The van der Waals surface area contributed by atoms with E-state index < -0.39 is 0 Å². The lowest BCUT2D eigenvalue weighted by Gasteiger charge is -2.25. The maximum atomic E-state index is 6.29. The Morgan fingerprint density at radius 1 is 0.558 bits per heavy atom. The predicted molar refractivity (Wildman–Crippen MR) is 212 cm³/mol. The summed E-state index contributed by atoms with van der Waals surface area (Å²) in [5.74, 6) is 2.24. The maximum Gasteiger partial charge on any atom is 0.202 e. The van der Waals surface area contributed by atoms with Gasteiger partial charge in [0.1, 0.15) is 28.8 Å². The van der Waals surface area contributed by atoms with Gasteiger partial charge >= 0.3 is 0 Å². The molecule has 9 aromatic rings. The number of nitrogens with zero attached hydrogens (tertiary/aromatic N) is 2. The molecule has 2 aromatic heterocycles. The predicted octanol–water partition coefficient (Wildman–Crippen LogP) is 11.0. The monoisotopic (exact) mass is 670 g/mol. The molecule has 0 aliphatic carbocycles. The first-order chi connectivity index (χ1) is 25.8. The highest BCUT2D eigenvalue weighted by Gasteiger charge is 2.26. The van der Waals surface area contributed by atoms with Gasteiger partial charge in [0.2, 0.25) is 5.88 Å². The van der Waals surface area contributed by atoms with Crippen LogP contribution in [0, 0.1) is 0 Å². The molecule has 1 unspecified atom stereocenters. The van der Waals surface area contributed by atoms with E-state index in [2.05, 4.69) is 120 Å². The van der Waals surface area contributed by atoms with Gasteiger partial charge in [0.15, 0.2) is 5.84 Å². The number of amidine groups is 2. The third-order valence-corrected chi connectivity index (χ3v) is 10.4. The number of aliphatic imine (C=N–C) groups is 2. The minimum Gasteiger partial charge on any atom is -0.456 e. The fourth-order valence-electron chi connectivity index (χ4n) is 8.00. The van der Waals surface area contributed by atoms with Crippen LogP contribution in [0.2, 0.25) is 0 Å². The topological polar surface area (TPSA) is 75.1 Å². The van der Waals surface area contributed by atoms with Crippen LogP contribution in [0.15, 0.2) is 170 Å². The molecular formula is C46H30N4O2. The Morgan fingerprint density at radius 2 is 1.23 bits per heavy atom. The third-order valence-electron chi connectivity index (χ3n) is 10.4. The molecule has 0 amide bonds. The van der Waals surface area contributed by atoms with Crippen molar-refractivity contribution < 1.29 is 8.83 Å². The average molecular weight is 671 g/mol. The summed E-state index contributed by atoms with van der Waals surface area (Å²) in [6.45, 7) is 0.688. The first-order valence-electron chi connectivity index (χ1n) is 17.6. The van der Waals surface area contributed by atoms with Crippen LogP contribution in [0.4, 0.5) is 5.88 Å². The molecule has 0 saturated carbocycles. The second-order valence-corrected chi connectivity index (χ2v) is 13.4. The van der Waals surface area contributed by atoms with E-state index in [4.69, 9.17) is 18.8 Å². The molecule has 0 spiro atoms. The minimum atomic E-state index is -0.369. The van der Waals surface area contributed by atoms with Crippen molar-refractivity contribution in [1.29, 1.82) is 0 Å². The van der Waals surface area contributed by atoms with Crippen LogP contribution in [-0.2, 0) is 0 Å². The van der Waals surface area contributed by atoms with Gasteiger partial charge in [-0.15, -0.1) is 0 Å². The van der Waals surface area contributed by atoms with Crippen molar-refractivity contribution >= 4 is 77.6 Å². The third kappa shape index (κ3) is 4.44. The number of rotatable bonds is 4. The molecule has 0 fully saturated rings. The van der Waals surface area contributed by atoms with Crippen molar-refractivity contribution in [2.45, 2.75) is 6.17 Å². The quantitative estimate of drug-likeness (QED) is 0.195. The van der Waals surface area contributed by atoms with Crippen molar-refractivity contribution in [1.82, 2.24) is 5.32 Å². The Kier molecular flexibility index (Phi) is 6.28. The lowest BCUT2D eigenvalue weighted by atomic mass is 9.89. The molecule has 6 nitrogen and oxygen atoms in total. The van der Waals surface area contributed by atoms with Crippen molar-refractivity contribution in [2.75, 3.05) is 11.9 Å². The number of hydrogen-bond acceptors (Lipinski definition) is 6. The summed E-state index contributed by atoms with van der Waals surface area (Å²) in [4.78, 5) is 10.6. The van der Waals surface area contributed by atoms with Gasteiger partial charge in [0.25, 0.3) is 0 Å².